The maximum atomic E-state index is 13.0. The fourth-order valence-electron chi connectivity index (χ4n) is 7.54. The molecule has 0 saturated carbocycles. The van der Waals surface area contributed by atoms with Gasteiger partial charge in [-0.1, -0.05) is 55.5 Å². The van der Waals surface area contributed by atoms with Crippen molar-refractivity contribution in [1.82, 2.24) is 0 Å². The van der Waals surface area contributed by atoms with Gasteiger partial charge < -0.3 is 71.4 Å². The van der Waals surface area contributed by atoms with Gasteiger partial charge in [0, 0.05) is 0 Å². The highest BCUT2D eigenvalue weighted by molar-refractivity contribution is 5.92. The molecule has 0 spiro atoms. The van der Waals surface area contributed by atoms with Gasteiger partial charge in [-0.2, -0.15) is 0 Å². The van der Waals surface area contributed by atoms with Crippen LogP contribution in [0, 0.1) is 0 Å². The van der Waals surface area contributed by atoms with E-state index in [1.165, 1.54) is 0 Å². The van der Waals surface area contributed by atoms with Crippen LogP contribution in [0.2, 0.25) is 0 Å². The molecule has 0 aromatic heterocycles. The lowest BCUT2D eigenvalue weighted by atomic mass is 10.0. The Kier molecular flexibility index (Phi) is 33.0. The Labute approximate surface area is 488 Å². The van der Waals surface area contributed by atoms with E-state index in [0.717, 1.165) is 34.4 Å². The maximum Gasteiger partial charge on any atom is 0.343 e. The van der Waals surface area contributed by atoms with Crippen molar-refractivity contribution in [2.45, 2.75) is 170 Å². The van der Waals surface area contributed by atoms with Crippen LogP contribution in [0.5, 0.6) is 11.5 Å². The smallest absolute Gasteiger partial charge is 0.343 e. The molecule has 17 nitrogen and oxygen atoms in total. The maximum absolute atomic E-state index is 13.0. The zero-order valence-corrected chi connectivity index (χ0v) is 51.0. The van der Waals surface area contributed by atoms with Crippen LogP contribution < -0.4 is 9.47 Å². The van der Waals surface area contributed by atoms with E-state index < -0.39 is 12.1 Å². The van der Waals surface area contributed by atoms with Gasteiger partial charge in [-0.3, -0.25) is 0 Å². The summed E-state index contributed by atoms with van der Waals surface area (Å²) in [7, 11) is 0. The average molecular weight is 1150 g/mol. The van der Waals surface area contributed by atoms with Gasteiger partial charge in [0.15, 0.2) is 0 Å². The van der Waals surface area contributed by atoms with Crippen molar-refractivity contribution in [3.63, 3.8) is 0 Å². The Morgan fingerprint density at radius 2 is 0.573 bits per heavy atom. The largest absolute Gasteiger partial charge is 0.491 e. The Morgan fingerprint density at radius 1 is 0.329 bits per heavy atom. The minimum atomic E-state index is -0.500. The van der Waals surface area contributed by atoms with Gasteiger partial charge in [-0.15, -0.1) is 0 Å². The first-order chi connectivity index (χ1) is 39.3. The second kappa shape index (κ2) is 38.9. The van der Waals surface area contributed by atoms with E-state index in [0.29, 0.717) is 96.2 Å². The van der Waals surface area contributed by atoms with Crippen molar-refractivity contribution in [2.75, 3.05) is 85.9 Å². The Hall–Kier alpha value is -4.86. The molecular formula is C65H96O17. The van der Waals surface area contributed by atoms with Gasteiger partial charge >= 0.3 is 11.9 Å². The number of benzene rings is 4. The minimum Gasteiger partial charge on any atom is -0.491 e. The molecule has 12 unspecified atom stereocenters. The summed E-state index contributed by atoms with van der Waals surface area (Å²) in [6.45, 7) is 30.6. The highest BCUT2D eigenvalue weighted by atomic mass is 16.6. The molecule has 0 amide bonds. The fraction of sp³-hybridized carbons (Fsp3) is 0.600. The summed E-state index contributed by atoms with van der Waals surface area (Å²) < 4.78 is 82.1. The second-order valence-electron chi connectivity index (χ2n) is 21.5. The number of esters is 2. The second-order valence-corrected chi connectivity index (χ2v) is 21.5. The molecule has 0 aliphatic carbocycles. The van der Waals surface area contributed by atoms with E-state index in [1.54, 1.807) is 43.3 Å². The molecule has 0 radical (unpaired) electrons. The van der Waals surface area contributed by atoms with E-state index in [2.05, 4.69) is 0 Å². The average Bonchev–Trinajstić information content (AvgIpc) is 3.66. The minimum absolute atomic E-state index is 0.0936. The van der Waals surface area contributed by atoms with Crippen LogP contribution in [0.25, 0.3) is 22.3 Å². The highest BCUT2D eigenvalue weighted by Crippen LogP contribution is 2.26. The van der Waals surface area contributed by atoms with E-state index in [9.17, 15) is 14.7 Å². The summed E-state index contributed by atoms with van der Waals surface area (Å²) >= 11 is 0. The Morgan fingerprint density at radius 3 is 0.854 bits per heavy atom. The number of carbonyl (C=O) groups is 2. The van der Waals surface area contributed by atoms with E-state index >= 15 is 0 Å². The quantitative estimate of drug-likeness (QED) is 0.0326. The van der Waals surface area contributed by atoms with Crippen LogP contribution in [0.4, 0.5) is 0 Å². The Bertz CT molecular complexity index is 2310. The molecule has 82 heavy (non-hydrogen) atoms. The fourth-order valence-corrected chi connectivity index (χ4v) is 7.54. The molecule has 4 aromatic carbocycles. The number of aliphatic hydroxyl groups is 1. The lowest BCUT2D eigenvalue weighted by Crippen LogP contribution is -2.31. The van der Waals surface area contributed by atoms with Gasteiger partial charge in [0.05, 0.1) is 164 Å². The first-order valence-electron chi connectivity index (χ1n) is 29.1. The molecule has 0 bridgehead atoms. The topological polar surface area (TPSA) is 184 Å². The van der Waals surface area contributed by atoms with Gasteiger partial charge in [-0.05, 0) is 160 Å². The van der Waals surface area contributed by atoms with Crippen molar-refractivity contribution in [1.29, 1.82) is 0 Å². The monoisotopic (exact) mass is 1150 g/mol. The summed E-state index contributed by atoms with van der Waals surface area (Å²) in [5, 5.41) is 9.36. The molecule has 0 heterocycles. The molecular weight excluding hydrogens is 1050 g/mol. The van der Waals surface area contributed by atoms with Gasteiger partial charge in [-0.25, -0.2) is 9.59 Å². The molecule has 458 valence electrons. The number of rotatable bonds is 43. The summed E-state index contributed by atoms with van der Waals surface area (Å²) in [4.78, 5) is 25.1. The third-order valence-electron chi connectivity index (χ3n) is 12.5. The molecule has 4 rings (SSSR count). The molecule has 0 saturated heterocycles. The number of ether oxygens (including phenoxy) is 14. The van der Waals surface area contributed by atoms with Crippen LogP contribution in [0.3, 0.4) is 0 Å². The van der Waals surface area contributed by atoms with Crippen LogP contribution >= 0.6 is 0 Å². The molecule has 17 heteroatoms. The van der Waals surface area contributed by atoms with Crippen molar-refractivity contribution < 1.29 is 81.0 Å². The lowest BCUT2D eigenvalue weighted by molar-refractivity contribution is -0.113. The van der Waals surface area contributed by atoms with Crippen molar-refractivity contribution >= 4 is 11.9 Å². The SMILES string of the molecule is CCCOC(=O)c1ccc(-c2ccc(OC(=O)c3ccc(-c4ccc(OCC(C)OCC(C)OCC(C)OCC(C)OCC(C)OCC(C)OCC(C)OCC(C)OCC(C)OCC(C)OCC(C)OCC(C)O)cc4)cc3)cc2)cc1. The van der Waals surface area contributed by atoms with E-state index in [4.69, 9.17) is 66.3 Å². The summed E-state index contributed by atoms with van der Waals surface area (Å²) in [6.07, 6.45) is -1.06. The number of carbonyl (C=O) groups excluding carboxylic acids is 2. The number of hydrogen-bond donors (Lipinski definition) is 1. The molecule has 1 N–H and O–H groups in total. The molecule has 0 fully saturated rings. The molecule has 0 aliphatic heterocycles. The standard InChI is InChI=1S/C65H96O17/c1-14-31-69-64(67)60-19-15-56(16-20-60)59-25-29-63(30-26-59)82-65(68)61-21-17-57(18-22-61)58-23-27-62(28-24-58)81-43-55(13)80-42-54(12)79-41-53(11)78-40-52(10)77-39-51(9)76-38-50(8)75-37-49(7)74-36-48(6)73-35-47(5)72-34-46(4)71-33-45(3)70-32-44(2)66/h15-30,44-55,66H,14,31-43H2,1-13H3. The highest BCUT2D eigenvalue weighted by Gasteiger charge is 2.18. The predicted octanol–water partition coefficient (Wildman–Crippen LogP) is 11.0. The van der Waals surface area contributed by atoms with Crippen LogP contribution in [0.1, 0.15) is 117 Å². The predicted molar refractivity (Wildman–Crippen MR) is 316 cm³/mol. The third kappa shape index (κ3) is 29.1. The molecule has 4 aromatic rings. The van der Waals surface area contributed by atoms with E-state index in [-0.39, 0.29) is 79.7 Å². The van der Waals surface area contributed by atoms with E-state index in [1.807, 2.05) is 144 Å². The van der Waals surface area contributed by atoms with Crippen molar-refractivity contribution in [2.24, 2.45) is 0 Å². The van der Waals surface area contributed by atoms with Gasteiger partial charge in [0.25, 0.3) is 0 Å². The molecule has 12 atom stereocenters. The summed E-state index contributed by atoms with van der Waals surface area (Å²) in [6, 6.07) is 29.5. The van der Waals surface area contributed by atoms with Crippen LogP contribution in [0.15, 0.2) is 97.1 Å². The first kappa shape index (κ1) is 69.6. The Balaban J connectivity index is 0.990. The van der Waals surface area contributed by atoms with Crippen LogP contribution in [-0.2, 0) is 56.8 Å². The van der Waals surface area contributed by atoms with Crippen molar-refractivity contribution in [3.05, 3.63) is 108 Å². The van der Waals surface area contributed by atoms with Gasteiger partial charge in [0.1, 0.15) is 18.1 Å². The third-order valence-corrected chi connectivity index (χ3v) is 12.5. The van der Waals surface area contributed by atoms with Crippen LogP contribution in [-0.4, -0.2) is 176 Å². The zero-order valence-electron chi connectivity index (χ0n) is 51.0. The number of aliphatic hydroxyl groups excluding tert-OH is 1. The zero-order chi connectivity index (χ0) is 59.8. The summed E-state index contributed by atoms with van der Waals surface area (Å²) in [5.41, 5.74) is 4.71. The van der Waals surface area contributed by atoms with Crippen molar-refractivity contribution in [3.8, 4) is 33.8 Å². The number of hydrogen-bond acceptors (Lipinski definition) is 17. The lowest BCUT2D eigenvalue weighted by Gasteiger charge is -2.23. The van der Waals surface area contributed by atoms with Gasteiger partial charge in [0.2, 0.25) is 0 Å². The molecule has 0 aliphatic rings. The first-order valence-corrected chi connectivity index (χ1v) is 29.1. The normalized spacial score (nSPS) is 16.2. The summed E-state index contributed by atoms with van der Waals surface area (Å²) in [5.74, 6) is 0.356.